The fourth-order valence-corrected chi connectivity index (χ4v) is 5.47. The third kappa shape index (κ3) is 5.30. The van der Waals surface area contributed by atoms with Gasteiger partial charge in [-0.2, -0.15) is 26.3 Å². The minimum atomic E-state index is -5.71. The van der Waals surface area contributed by atoms with Gasteiger partial charge in [0.25, 0.3) is 6.10 Å². The van der Waals surface area contributed by atoms with Crippen LogP contribution in [0.15, 0.2) is 12.1 Å². The number of likely N-dealkylation sites (tertiary alicyclic amines) is 2. The molecule has 0 saturated carbocycles. The summed E-state index contributed by atoms with van der Waals surface area (Å²) in [5.74, 6) is 0. The van der Waals surface area contributed by atoms with E-state index < -0.39 is 24.5 Å². The van der Waals surface area contributed by atoms with E-state index in [2.05, 4.69) is 34.0 Å². The number of fused-ring (bicyclic) bond motifs is 1. The van der Waals surface area contributed by atoms with Crippen molar-refractivity contribution in [3.05, 3.63) is 34.4 Å². The minimum Gasteiger partial charge on any atom is -0.426 e. The molecule has 2 saturated heterocycles. The van der Waals surface area contributed by atoms with Crippen LogP contribution in [0.1, 0.15) is 41.5 Å². The van der Waals surface area contributed by atoms with Gasteiger partial charge in [-0.1, -0.05) is 12.1 Å². The average Bonchev–Trinajstić information content (AvgIpc) is 3.15. The van der Waals surface area contributed by atoms with Gasteiger partial charge in [-0.3, -0.25) is 4.90 Å². The number of amides is 1. The quantitative estimate of drug-likeness (QED) is 0.628. The van der Waals surface area contributed by atoms with E-state index in [1.54, 1.807) is 0 Å². The molecule has 3 aliphatic rings. The smallest absolute Gasteiger partial charge is 0.426 e. The Balaban J connectivity index is 1.34. The lowest BCUT2D eigenvalue weighted by atomic mass is 9.78. The number of nitrogens with one attached hydrogen (secondary N) is 1. The molecule has 2 fully saturated rings. The number of benzene rings is 1. The maximum Gasteiger partial charge on any atom is 0.434 e. The van der Waals surface area contributed by atoms with Crippen LogP contribution in [-0.4, -0.2) is 67.1 Å². The maximum absolute atomic E-state index is 12.7. The van der Waals surface area contributed by atoms with Crippen LogP contribution in [0.2, 0.25) is 0 Å². The number of carbonyl (C=O) groups excluding carboxylic acids is 1. The summed E-state index contributed by atoms with van der Waals surface area (Å²) in [5, 5.41) is 3.43. The third-order valence-electron chi connectivity index (χ3n) is 7.42. The summed E-state index contributed by atoms with van der Waals surface area (Å²) in [5.41, 5.74) is 5.27. The molecule has 1 aromatic rings. The fraction of sp³-hybridized carbons (Fsp3) is 0.696. The lowest BCUT2D eigenvalue weighted by molar-refractivity contribution is -0.308. The molecule has 0 aliphatic carbocycles. The number of hydrogen-bond donors (Lipinski definition) is 1. The van der Waals surface area contributed by atoms with E-state index in [1.165, 1.54) is 22.3 Å². The second kappa shape index (κ2) is 9.22. The molecule has 1 spiro atoms. The zero-order chi connectivity index (χ0) is 24.7. The van der Waals surface area contributed by atoms with Crippen LogP contribution >= 0.6 is 0 Å². The molecule has 0 bridgehead atoms. The van der Waals surface area contributed by atoms with Crippen molar-refractivity contribution >= 4 is 6.09 Å². The van der Waals surface area contributed by atoms with E-state index in [0.717, 1.165) is 50.5 Å². The van der Waals surface area contributed by atoms with Crippen LogP contribution in [0.5, 0.6) is 0 Å². The third-order valence-corrected chi connectivity index (χ3v) is 7.42. The van der Waals surface area contributed by atoms with E-state index in [1.807, 2.05) is 0 Å². The molecule has 1 aromatic carbocycles. The molecule has 0 radical (unpaired) electrons. The molecule has 3 aliphatic heterocycles. The Bertz CT molecular complexity index is 895. The number of halogens is 6. The summed E-state index contributed by atoms with van der Waals surface area (Å²) in [6, 6.07) is 4.33. The molecular formula is C23H29F6N3O2. The normalized spacial score (nSPS) is 21.2. The fourth-order valence-electron chi connectivity index (χ4n) is 5.47. The summed E-state index contributed by atoms with van der Waals surface area (Å²) in [6.07, 6.45) is -14.2. The molecular weight excluding hydrogens is 464 g/mol. The van der Waals surface area contributed by atoms with Gasteiger partial charge in [0.2, 0.25) is 0 Å². The standard InChI is InChI=1S/C23H29F6N3O2/c1-15-2-3-16(18-12-30-8-4-17(15)18)13-31-9-5-21(14-31)6-10-32(11-7-21)20(33)34-19(22(24,25)26)23(27,28)29/h2-3,19,30H,4-14H2,1H3. The second-order valence-electron chi connectivity index (χ2n) is 9.72. The Hall–Kier alpha value is -2.01. The van der Waals surface area contributed by atoms with Crippen LogP contribution < -0.4 is 5.32 Å². The van der Waals surface area contributed by atoms with Gasteiger partial charge in [-0.05, 0) is 73.4 Å². The summed E-state index contributed by atoms with van der Waals surface area (Å²) in [4.78, 5) is 15.4. The van der Waals surface area contributed by atoms with Gasteiger partial charge in [0.05, 0.1) is 0 Å². The largest absolute Gasteiger partial charge is 0.434 e. The highest BCUT2D eigenvalue weighted by atomic mass is 19.4. The van der Waals surface area contributed by atoms with Crippen molar-refractivity contribution in [1.29, 1.82) is 0 Å². The van der Waals surface area contributed by atoms with E-state index >= 15 is 0 Å². The molecule has 1 amide bonds. The first-order valence-corrected chi connectivity index (χ1v) is 11.5. The first-order valence-electron chi connectivity index (χ1n) is 11.5. The molecule has 1 N–H and O–H groups in total. The second-order valence-corrected chi connectivity index (χ2v) is 9.72. The van der Waals surface area contributed by atoms with Gasteiger partial charge in [-0.25, -0.2) is 4.79 Å². The zero-order valence-electron chi connectivity index (χ0n) is 19.0. The average molecular weight is 493 g/mol. The van der Waals surface area contributed by atoms with Gasteiger partial charge in [-0.15, -0.1) is 0 Å². The molecule has 3 heterocycles. The van der Waals surface area contributed by atoms with Crippen LogP contribution in [0.3, 0.4) is 0 Å². The predicted octanol–water partition coefficient (Wildman–Crippen LogP) is 4.56. The molecule has 190 valence electrons. The van der Waals surface area contributed by atoms with Crippen LogP contribution in [0, 0.1) is 12.3 Å². The summed E-state index contributed by atoms with van der Waals surface area (Å²) >= 11 is 0. The van der Waals surface area contributed by atoms with Gasteiger partial charge in [0.15, 0.2) is 0 Å². The van der Waals surface area contributed by atoms with E-state index in [0.29, 0.717) is 12.8 Å². The van der Waals surface area contributed by atoms with Crippen molar-refractivity contribution in [3.8, 4) is 0 Å². The highest BCUT2D eigenvalue weighted by Gasteiger charge is 2.60. The number of hydrogen-bond acceptors (Lipinski definition) is 4. The molecule has 4 rings (SSSR count). The number of nitrogens with zero attached hydrogens (tertiary/aromatic N) is 2. The van der Waals surface area contributed by atoms with Gasteiger partial charge in [0.1, 0.15) is 0 Å². The molecule has 34 heavy (non-hydrogen) atoms. The molecule has 11 heteroatoms. The highest BCUT2D eigenvalue weighted by molar-refractivity contribution is 5.68. The summed E-state index contributed by atoms with van der Waals surface area (Å²) < 4.78 is 80.1. The number of alkyl halides is 6. The van der Waals surface area contributed by atoms with E-state index in [4.69, 9.17) is 0 Å². The Morgan fingerprint density at radius 1 is 1.06 bits per heavy atom. The first kappa shape index (κ1) is 25.1. The topological polar surface area (TPSA) is 44.8 Å². The lowest BCUT2D eigenvalue weighted by Gasteiger charge is -2.39. The van der Waals surface area contributed by atoms with Crippen LogP contribution in [0.4, 0.5) is 31.1 Å². The van der Waals surface area contributed by atoms with Crippen molar-refractivity contribution in [2.45, 2.75) is 64.2 Å². The van der Waals surface area contributed by atoms with Crippen LogP contribution in [0.25, 0.3) is 0 Å². The van der Waals surface area contributed by atoms with Crippen molar-refractivity contribution < 1.29 is 35.9 Å². The summed E-state index contributed by atoms with van der Waals surface area (Å²) in [7, 11) is 0. The van der Waals surface area contributed by atoms with Crippen molar-refractivity contribution in [2.24, 2.45) is 5.41 Å². The first-order chi connectivity index (χ1) is 15.9. The van der Waals surface area contributed by atoms with Crippen LogP contribution in [-0.2, 0) is 24.2 Å². The highest BCUT2D eigenvalue weighted by Crippen LogP contribution is 2.42. The van der Waals surface area contributed by atoms with E-state index in [9.17, 15) is 31.1 Å². The monoisotopic (exact) mass is 493 g/mol. The molecule has 0 aromatic heterocycles. The number of aryl methyl sites for hydroxylation is 1. The zero-order valence-corrected chi connectivity index (χ0v) is 19.0. The van der Waals surface area contributed by atoms with Crippen molar-refractivity contribution in [2.75, 3.05) is 32.7 Å². The number of rotatable bonds is 3. The Kier molecular flexibility index (Phi) is 6.80. The van der Waals surface area contributed by atoms with Gasteiger partial charge >= 0.3 is 18.4 Å². The number of carbonyl (C=O) groups is 1. The SMILES string of the molecule is Cc1ccc(CN2CCC3(CCN(C(=O)OC(C(F)(F)F)C(F)(F)F)CC3)C2)c2c1CCNC2. The van der Waals surface area contributed by atoms with Gasteiger partial charge in [0, 0.05) is 32.7 Å². The lowest BCUT2D eigenvalue weighted by Crippen LogP contribution is -2.50. The predicted molar refractivity (Wildman–Crippen MR) is 112 cm³/mol. The van der Waals surface area contributed by atoms with Gasteiger partial charge < -0.3 is 15.0 Å². The maximum atomic E-state index is 12.7. The Morgan fingerprint density at radius 3 is 2.35 bits per heavy atom. The van der Waals surface area contributed by atoms with Crippen molar-refractivity contribution in [3.63, 3.8) is 0 Å². The molecule has 0 unspecified atom stereocenters. The number of piperidine rings is 1. The number of ether oxygens (including phenoxy) is 1. The minimum absolute atomic E-state index is 0.0823. The van der Waals surface area contributed by atoms with Crippen molar-refractivity contribution in [1.82, 2.24) is 15.1 Å². The Morgan fingerprint density at radius 2 is 1.71 bits per heavy atom. The Labute approximate surface area is 194 Å². The molecule has 0 atom stereocenters. The molecule has 5 nitrogen and oxygen atoms in total. The summed E-state index contributed by atoms with van der Waals surface area (Å²) in [6.45, 7) is 6.57. The van der Waals surface area contributed by atoms with E-state index in [-0.39, 0.29) is 18.5 Å².